The topological polar surface area (TPSA) is 155 Å². The maximum Gasteiger partial charge on any atom is 0.397 e. The third kappa shape index (κ3) is 32.4. The molecular weight excluding hydrogens is 576 g/mol. The van der Waals surface area contributed by atoms with Crippen molar-refractivity contribution in [1.29, 1.82) is 0 Å². The second kappa shape index (κ2) is 27.2. The molecule has 2 unspecified atom stereocenters. The first-order valence-corrected chi connectivity index (χ1v) is 18.3. The summed E-state index contributed by atoms with van der Waals surface area (Å²) < 4.78 is 88.6. The van der Waals surface area contributed by atoms with E-state index in [0.29, 0.717) is 12.8 Å². The maximum absolute atomic E-state index is 11.2. The van der Waals surface area contributed by atoms with Crippen LogP contribution in [0.15, 0.2) is 0 Å². The van der Waals surface area contributed by atoms with Crippen molar-refractivity contribution in [3.63, 3.8) is 0 Å². The van der Waals surface area contributed by atoms with E-state index in [9.17, 15) is 16.8 Å². The lowest BCUT2D eigenvalue weighted by Crippen LogP contribution is -2.25. The average Bonchev–Trinajstić information content (AvgIpc) is 2.88. The predicted molar refractivity (Wildman–Crippen MR) is 160 cm³/mol. The molecule has 0 fully saturated rings. The molecule has 2 N–H and O–H groups in total. The summed E-state index contributed by atoms with van der Waals surface area (Å²) in [6.45, 7) is 5.28. The van der Waals surface area contributed by atoms with Crippen LogP contribution in [0.1, 0.15) is 129 Å². The van der Waals surface area contributed by atoms with Crippen LogP contribution < -0.4 is 0 Å². The van der Waals surface area contributed by atoms with Crippen LogP contribution in [0.4, 0.5) is 0 Å². The van der Waals surface area contributed by atoms with Gasteiger partial charge in [-0.05, 0) is 12.8 Å². The van der Waals surface area contributed by atoms with Crippen LogP contribution in [0.25, 0.3) is 0 Å². The molecule has 2 atom stereocenters. The Balaban J connectivity index is 4.02. The highest BCUT2D eigenvalue weighted by atomic mass is 32.3. The smallest absolute Gasteiger partial charge is 0.377 e. The molecule has 0 aromatic rings. The molecule has 0 bridgehead atoms. The van der Waals surface area contributed by atoms with Crippen LogP contribution in [-0.4, -0.2) is 77.8 Å². The normalized spacial score (nSPS) is 14.0. The van der Waals surface area contributed by atoms with Gasteiger partial charge in [0.1, 0.15) is 12.2 Å². The van der Waals surface area contributed by atoms with Crippen LogP contribution in [0.3, 0.4) is 0 Å². The molecule has 0 aliphatic heterocycles. The van der Waals surface area contributed by atoms with Gasteiger partial charge in [0.25, 0.3) is 0 Å². The lowest BCUT2D eigenvalue weighted by atomic mass is 10.1. The number of ether oxygens (including phenoxy) is 3. The largest absolute Gasteiger partial charge is 0.397 e. The van der Waals surface area contributed by atoms with Gasteiger partial charge in [0.05, 0.1) is 39.6 Å². The van der Waals surface area contributed by atoms with Crippen molar-refractivity contribution in [3.8, 4) is 0 Å². The quantitative estimate of drug-likeness (QED) is 0.0617. The molecule has 0 rings (SSSR count). The molecule has 0 amide bonds. The molecule has 0 aliphatic carbocycles. The Bertz CT molecular complexity index is 712. The van der Waals surface area contributed by atoms with E-state index in [2.05, 4.69) is 13.8 Å². The molecule has 13 heteroatoms. The summed E-state index contributed by atoms with van der Waals surface area (Å²) in [7, 11) is -9.12. The number of hydrogen-bond acceptors (Lipinski definition) is 9. The first-order chi connectivity index (χ1) is 19.6. The van der Waals surface area contributed by atoms with Gasteiger partial charge < -0.3 is 14.2 Å². The van der Waals surface area contributed by atoms with Crippen molar-refractivity contribution in [2.75, 3.05) is 39.6 Å². The van der Waals surface area contributed by atoms with Crippen molar-refractivity contribution < 1.29 is 48.5 Å². The average molecular weight is 635 g/mol. The van der Waals surface area contributed by atoms with Crippen molar-refractivity contribution in [2.45, 2.75) is 142 Å². The van der Waals surface area contributed by atoms with Crippen LogP contribution in [0.5, 0.6) is 0 Å². The molecule has 0 heterocycles. The summed E-state index contributed by atoms with van der Waals surface area (Å²) in [6.07, 6.45) is 17.3. The number of rotatable bonds is 32. The van der Waals surface area contributed by atoms with E-state index in [-0.39, 0.29) is 39.6 Å². The molecule has 0 aromatic heterocycles. The zero-order valence-corrected chi connectivity index (χ0v) is 27.1. The van der Waals surface area contributed by atoms with E-state index in [1.165, 1.54) is 51.4 Å². The Morgan fingerprint density at radius 2 is 0.756 bits per heavy atom. The molecule has 41 heavy (non-hydrogen) atoms. The van der Waals surface area contributed by atoms with E-state index < -0.39 is 33.0 Å². The fourth-order valence-corrected chi connectivity index (χ4v) is 5.43. The standard InChI is InChI=1S/C28H58O11S2/c1-3-5-7-9-11-13-15-17-19-27(38-40(29,30)31)25-36-23-21-35-22-24-37-26-28(39-41(32,33)34)20-18-16-14-12-10-8-6-4-2/h27-28H,3-26H2,1-2H3,(H,29,30,31)(H,32,33,34). The highest BCUT2D eigenvalue weighted by molar-refractivity contribution is 7.81. The van der Waals surface area contributed by atoms with E-state index in [4.69, 9.17) is 31.7 Å². The molecular formula is C28H58O11S2. The minimum atomic E-state index is -4.56. The van der Waals surface area contributed by atoms with Gasteiger partial charge >= 0.3 is 20.8 Å². The number of hydrogen-bond donors (Lipinski definition) is 2. The van der Waals surface area contributed by atoms with Gasteiger partial charge in [-0.25, -0.2) is 8.37 Å². The fraction of sp³-hybridized carbons (Fsp3) is 1.00. The molecule has 0 spiro atoms. The molecule has 11 nitrogen and oxygen atoms in total. The first kappa shape index (κ1) is 40.6. The zero-order valence-electron chi connectivity index (χ0n) is 25.5. The summed E-state index contributed by atoms with van der Waals surface area (Å²) in [5.74, 6) is 0. The van der Waals surface area contributed by atoms with Crippen LogP contribution in [0.2, 0.25) is 0 Å². The van der Waals surface area contributed by atoms with E-state index in [0.717, 1.165) is 51.4 Å². The fourth-order valence-electron chi connectivity index (χ4n) is 4.44. The maximum atomic E-state index is 11.2. The monoisotopic (exact) mass is 634 g/mol. The molecule has 0 aliphatic rings. The summed E-state index contributed by atoms with van der Waals surface area (Å²) >= 11 is 0. The van der Waals surface area contributed by atoms with Crippen molar-refractivity contribution in [1.82, 2.24) is 0 Å². The van der Waals surface area contributed by atoms with Gasteiger partial charge in [-0.3, -0.25) is 9.11 Å². The van der Waals surface area contributed by atoms with E-state index in [1.807, 2.05) is 0 Å². The van der Waals surface area contributed by atoms with Gasteiger partial charge in [-0.2, -0.15) is 16.8 Å². The van der Waals surface area contributed by atoms with E-state index in [1.54, 1.807) is 0 Å². The molecule has 248 valence electrons. The molecule has 0 saturated heterocycles. The van der Waals surface area contributed by atoms with Crippen LogP contribution >= 0.6 is 0 Å². The van der Waals surface area contributed by atoms with Gasteiger partial charge in [-0.1, -0.05) is 117 Å². The van der Waals surface area contributed by atoms with Crippen molar-refractivity contribution >= 4 is 20.8 Å². The highest BCUT2D eigenvalue weighted by Crippen LogP contribution is 2.15. The third-order valence-electron chi connectivity index (χ3n) is 6.63. The summed E-state index contributed by atoms with van der Waals surface area (Å²) in [5, 5.41) is 0. The summed E-state index contributed by atoms with van der Waals surface area (Å²) in [6, 6.07) is 0. The Morgan fingerprint density at radius 1 is 0.463 bits per heavy atom. The lowest BCUT2D eigenvalue weighted by molar-refractivity contribution is -0.0180. The van der Waals surface area contributed by atoms with Crippen molar-refractivity contribution in [3.05, 3.63) is 0 Å². The van der Waals surface area contributed by atoms with Crippen LogP contribution in [-0.2, 0) is 43.4 Å². The predicted octanol–water partition coefficient (Wildman–Crippen LogP) is 6.47. The molecule has 0 radical (unpaired) electrons. The summed E-state index contributed by atoms with van der Waals surface area (Å²) in [4.78, 5) is 0. The van der Waals surface area contributed by atoms with Gasteiger partial charge in [0.15, 0.2) is 0 Å². The first-order valence-electron chi connectivity index (χ1n) is 15.6. The third-order valence-corrected chi connectivity index (χ3v) is 7.66. The Hall–Kier alpha value is -0.380. The molecule has 0 saturated carbocycles. The second-order valence-electron chi connectivity index (χ2n) is 10.6. The zero-order chi connectivity index (χ0) is 30.7. The van der Waals surface area contributed by atoms with Crippen LogP contribution in [0, 0.1) is 0 Å². The van der Waals surface area contributed by atoms with Gasteiger partial charge in [0.2, 0.25) is 0 Å². The Labute approximate surface area is 250 Å². The van der Waals surface area contributed by atoms with E-state index >= 15 is 0 Å². The SMILES string of the molecule is CCCCCCCCCCC(COCCOCCOCC(CCCCCCCCCC)OS(=O)(=O)O)OS(=O)(=O)O. The highest BCUT2D eigenvalue weighted by Gasteiger charge is 2.18. The minimum Gasteiger partial charge on any atom is -0.377 e. The van der Waals surface area contributed by atoms with Gasteiger partial charge in [-0.15, -0.1) is 0 Å². The minimum absolute atomic E-state index is 0.0174. The Kier molecular flexibility index (Phi) is 26.9. The van der Waals surface area contributed by atoms with Gasteiger partial charge in [0, 0.05) is 0 Å². The Morgan fingerprint density at radius 3 is 1.07 bits per heavy atom. The number of unbranched alkanes of at least 4 members (excludes halogenated alkanes) is 14. The summed E-state index contributed by atoms with van der Waals surface area (Å²) in [5.41, 5.74) is 0. The lowest BCUT2D eigenvalue weighted by Gasteiger charge is -2.16. The van der Waals surface area contributed by atoms with Crippen molar-refractivity contribution in [2.24, 2.45) is 0 Å². The molecule has 0 aromatic carbocycles. The second-order valence-corrected chi connectivity index (χ2v) is 12.7.